The van der Waals surface area contributed by atoms with Crippen LogP contribution in [-0.2, 0) is 6.54 Å². The molecule has 0 radical (unpaired) electrons. The standard InChI is InChI=1S/C19H18N6/c1-2-25(14-16-6-4-3-5-7-16)18-13-21-24-19(23-18)22-17-10-8-15(12-20)9-11-17/h3-11,13H,2,14H2,1H3,(H,22,23,24). The summed E-state index contributed by atoms with van der Waals surface area (Å²) in [4.78, 5) is 6.69. The van der Waals surface area contributed by atoms with Crippen LogP contribution in [0.2, 0.25) is 0 Å². The number of aromatic nitrogens is 3. The summed E-state index contributed by atoms with van der Waals surface area (Å²) in [6.07, 6.45) is 1.66. The van der Waals surface area contributed by atoms with E-state index in [-0.39, 0.29) is 0 Å². The van der Waals surface area contributed by atoms with E-state index in [4.69, 9.17) is 5.26 Å². The molecule has 2 aromatic carbocycles. The van der Waals surface area contributed by atoms with Crippen molar-refractivity contribution < 1.29 is 0 Å². The van der Waals surface area contributed by atoms with Crippen LogP contribution in [0, 0.1) is 11.3 Å². The van der Waals surface area contributed by atoms with Crippen LogP contribution >= 0.6 is 0 Å². The van der Waals surface area contributed by atoms with Crippen molar-refractivity contribution in [1.29, 1.82) is 5.26 Å². The van der Waals surface area contributed by atoms with Gasteiger partial charge in [-0.15, -0.1) is 5.10 Å². The maximum Gasteiger partial charge on any atom is 0.249 e. The van der Waals surface area contributed by atoms with E-state index in [0.29, 0.717) is 11.5 Å². The summed E-state index contributed by atoms with van der Waals surface area (Å²) in [7, 11) is 0. The first-order valence-corrected chi connectivity index (χ1v) is 8.04. The van der Waals surface area contributed by atoms with E-state index < -0.39 is 0 Å². The van der Waals surface area contributed by atoms with Gasteiger partial charge in [0.15, 0.2) is 5.82 Å². The van der Waals surface area contributed by atoms with Gasteiger partial charge in [0.1, 0.15) is 0 Å². The van der Waals surface area contributed by atoms with Gasteiger partial charge >= 0.3 is 0 Å². The van der Waals surface area contributed by atoms with Gasteiger partial charge < -0.3 is 10.2 Å². The van der Waals surface area contributed by atoms with Gasteiger partial charge in [-0.2, -0.15) is 15.3 Å². The molecule has 0 fully saturated rings. The largest absolute Gasteiger partial charge is 0.351 e. The Hall–Kier alpha value is -3.46. The number of hydrogen-bond acceptors (Lipinski definition) is 6. The zero-order valence-electron chi connectivity index (χ0n) is 13.9. The van der Waals surface area contributed by atoms with Gasteiger partial charge in [-0.1, -0.05) is 30.3 Å². The molecule has 0 aliphatic carbocycles. The van der Waals surface area contributed by atoms with Crippen LogP contribution in [0.1, 0.15) is 18.1 Å². The Balaban J connectivity index is 1.76. The molecule has 0 unspecified atom stereocenters. The molecular formula is C19H18N6. The highest BCUT2D eigenvalue weighted by atomic mass is 15.3. The third-order valence-electron chi connectivity index (χ3n) is 3.74. The van der Waals surface area contributed by atoms with Gasteiger partial charge in [0.25, 0.3) is 0 Å². The minimum atomic E-state index is 0.425. The van der Waals surface area contributed by atoms with E-state index >= 15 is 0 Å². The van der Waals surface area contributed by atoms with Crippen LogP contribution in [-0.4, -0.2) is 21.7 Å². The van der Waals surface area contributed by atoms with Gasteiger partial charge in [0.2, 0.25) is 5.95 Å². The zero-order valence-corrected chi connectivity index (χ0v) is 13.9. The lowest BCUT2D eigenvalue weighted by atomic mass is 10.2. The molecule has 1 N–H and O–H groups in total. The smallest absolute Gasteiger partial charge is 0.249 e. The van der Waals surface area contributed by atoms with Crippen molar-refractivity contribution in [2.75, 3.05) is 16.8 Å². The molecule has 1 aromatic heterocycles. The van der Waals surface area contributed by atoms with Crippen molar-refractivity contribution in [3.8, 4) is 6.07 Å². The monoisotopic (exact) mass is 330 g/mol. The predicted octanol–water partition coefficient (Wildman–Crippen LogP) is 3.51. The van der Waals surface area contributed by atoms with Crippen molar-refractivity contribution in [3.05, 3.63) is 71.9 Å². The highest BCUT2D eigenvalue weighted by Crippen LogP contribution is 2.17. The van der Waals surface area contributed by atoms with Crippen LogP contribution in [0.25, 0.3) is 0 Å². The molecule has 0 atom stereocenters. The molecule has 1 heterocycles. The normalized spacial score (nSPS) is 10.1. The average Bonchev–Trinajstić information content (AvgIpc) is 2.68. The minimum absolute atomic E-state index is 0.425. The van der Waals surface area contributed by atoms with E-state index in [0.717, 1.165) is 24.6 Å². The van der Waals surface area contributed by atoms with Gasteiger partial charge in [-0.25, -0.2) is 0 Å². The maximum atomic E-state index is 8.85. The SMILES string of the molecule is CCN(Cc1ccccc1)c1cnnc(Nc2ccc(C#N)cc2)n1. The molecule has 0 amide bonds. The zero-order chi connectivity index (χ0) is 17.5. The average molecular weight is 330 g/mol. The Kier molecular flexibility index (Phi) is 5.17. The summed E-state index contributed by atoms with van der Waals surface area (Å²) in [5.41, 5.74) is 2.63. The summed E-state index contributed by atoms with van der Waals surface area (Å²) in [5, 5.41) is 20.1. The molecular weight excluding hydrogens is 312 g/mol. The fourth-order valence-corrected chi connectivity index (χ4v) is 2.42. The number of rotatable bonds is 6. The van der Waals surface area contributed by atoms with Crippen LogP contribution in [0.15, 0.2) is 60.8 Å². The van der Waals surface area contributed by atoms with Gasteiger partial charge in [-0.3, -0.25) is 0 Å². The van der Waals surface area contributed by atoms with Crippen molar-refractivity contribution in [3.63, 3.8) is 0 Å². The summed E-state index contributed by atoms with van der Waals surface area (Å²) < 4.78 is 0. The third kappa shape index (κ3) is 4.30. The van der Waals surface area contributed by atoms with Crippen molar-refractivity contribution in [2.45, 2.75) is 13.5 Å². The van der Waals surface area contributed by atoms with E-state index in [1.807, 2.05) is 30.3 Å². The van der Waals surface area contributed by atoms with Crippen LogP contribution in [0.5, 0.6) is 0 Å². The van der Waals surface area contributed by atoms with Gasteiger partial charge in [-0.05, 0) is 36.8 Å². The van der Waals surface area contributed by atoms with E-state index in [9.17, 15) is 0 Å². The van der Waals surface area contributed by atoms with Crippen LogP contribution in [0.3, 0.4) is 0 Å². The second-order valence-corrected chi connectivity index (χ2v) is 5.45. The first-order valence-electron chi connectivity index (χ1n) is 8.04. The predicted molar refractivity (Wildman–Crippen MR) is 97.4 cm³/mol. The molecule has 0 aliphatic heterocycles. The van der Waals surface area contributed by atoms with Crippen molar-refractivity contribution in [2.24, 2.45) is 0 Å². The molecule has 6 heteroatoms. The second-order valence-electron chi connectivity index (χ2n) is 5.45. The number of benzene rings is 2. The molecule has 3 aromatic rings. The summed E-state index contributed by atoms with van der Waals surface area (Å²) in [5.74, 6) is 1.19. The molecule has 0 saturated carbocycles. The van der Waals surface area contributed by atoms with E-state index in [1.165, 1.54) is 5.56 Å². The Morgan fingerprint density at radius 3 is 2.52 bits per heavy atom. The van der Waals surface area contributed by atoms with Gasteiger partial charge in [0, 0.05) is 18.8 Å². The number of nitrogens with zero attached hydrogens (tertiary/aromatic N) is 5. The first-order chi connectivity index (χ1) is 12.3. The molecule has 0 spiro atoms. The lowest BCUT2D eigenvalue weighted by Crippen LogP contribution is -2.23. The summed E-state index contributed by atoms with van der Waals surface area (Å²) in [6, 6.07) is 19.5. The summed E-state index contributed by atoms with van der Waals surface area (Å²) in [6.45, 7) is 3.65. The highest BCUT2D eigenvalue weighted by Gasteiger charge is 2.09. The minimum Gasteiger partial charge on any atom is -0.351 e. The van der Waals surface area contributed by atoms with E-state index in [1.54, 1.807) is 18.3 Å². The number of hydrogen-bond donors (Lipinski definition) is 1. The third-order valence-corrected chi connectivity index (χ3v) is 3.74. The fraction of sp³-hybridized carbons (Fsp3) is 0.158. The molecule has 0 saturated heterocycles. The van der Waals surface area contributed by atoms with Crippen LogP contribution < -0.4 is 10.2 Å². The maximum absolute atomic E-state index is 8.85. The fourth-order valence-electron chi connectivity index (χ4n) is 2.42. The molecule has 25 heavy (non-hydrogen) atoms. The molecule has 124 valence electrons. The Labute approximate surface area is 146 Å². The number of anilines is 3. The first kappa shape index (κ1) is 16.4. The van der Waals surface area contributed by atoms with Gasteiger partial charge in [0.05, 0.1) is 17.8 Å². The van der Waals surface area contributed by atoms with E-state index in [2.05, 4.69) is 50.5 Å². The lowest BCUT2D eigenvalue weighted by molar-refractivity contribution is 0.798. The lowest BCUT2D eigenvalue weighted by Gasteiger charge is -2.21. The Bertz CT molecular complexity index is 855. The molecule has 0 aliphatic rings. The number of nitriles is 1. The number of nitrogens with one attached hydrogen (secondary N) is 1. The topological polar surface area (TPSA) is 77.7 Å². The Morgan fingerprint density at radius 1 is 1.08 bits per heavy atom. The second kappa shape index (κ2) is 7.88. The molecule has 3 rings (SSSR count). The van der Waals surface area contributed by atoms with Crippen LogP contribution in [0.4, 0.5) is 17.5 Å². The quantitative estimate of drug-likeness (QED) is 0.745. The molecule has 0 bridgehead atoms. The molecule has 6 nitrogen and oxygen atoms in total. The van der Waals surface area contributed by atoms with Crippen molar-refractivity contribution >= 4 is 17.5 Å². The van der Waals surface area contributed by atoms with Crippen molar-refractivity contribution in [1.82, 2.24) is 15.2 Å². The Morgan fingerprint density at radius 2 is 1.84 bits per heavy atom. The highest BCUT2D eigenvalue weighted by molar-refractivity contribution is 5.55. The summed E-state index contributed by atoms with van der Waals surface area (Å²) >= 11 is 0.